The first kappa shape index (κ1) is 11.9. The van der Waals surface area contributed by atoms with Crippen molar-refractivity contribution in [2.45, 2.75) is 32.7 Å². The number of hydroxylamine groups is 2. The summed E-state index contributed by atoms with van der Waals surface area (Å²) in [4.78, 5) is 4.99. The van der Waals surface area contributed by atoms with Gasteiger partial charge in [0, 0.05) is 19.1 Å². The highest BCUT2D eigenvalue weighted by Gasteiger charge is 2.07. The Labute approximate surface area is 76.0 Å². The molecular weight excluding hydrogens is 152 g/mol. The number of rotatable bonds is 5. The van der Waals surface area contributed by atoms with Gasteiger partial charge in [-0.05, 0) is 33.7 Å². The molecule has 0 saturated heterocycles. The maximum atomic E-state index is 4.99. The van der Waals surface area contributed by atoms with Gasteiger partial charge in [0.15, 0.2) is 0 Å². The normalized spacial score (nSPS) is 12.5. The van der Waals surface area contributed by atoms with Crippen LogP contribution in [0.25, 0.3) is 0 Å². The SMILES string of the molecule is CON(C)CCCNC(C)(C)C. The van der Waals surface area contributed by atoms with Crippen LogP contribution in [0, 0.1) is 0 Å². The standard InChI is InChI=1S/C9H22N2O/c1-9(2,3)10-7-6-8-11(4)12-5/h10H,6-8H2,1-5H3. The van der Waals surface area contributed by atoms with Gasteiger partial charge in [-0.2, -0.15) is 5.06 Å². The van der Waals surface area contributed by atoms with Crippen LogP contribution in [0.5, 0.6) is 0 Å². The molecule has 0 aromatic rings. The fraction of sp³-hybridized carbons (Fsp3) is 1.00. The largest absolute Gasteiger partial charge is 0.312 e. The van der Waals surface area contributed by atoms with Crippen molar-refractivity contribution in [2.75, 3.05) is 27.2 Å². The summed E-state index contributed by atoms with van der Waals surface area (Å²) in [6, 6.07) is 0. The molecule has 0 aliphatic rings. The number of nitrogens with one attached hydrogen (secondary N) is 1. The third kappa shape index (κ3) is 7.98. The lowest BCUT2D eigenvalue weighted by atomic mass is 10.1. The van der Waals surface area contributed by atoms with Crippen LogP contribution in [0.4, 0.5) is 0 Å². The van der Waals surface area contributed by atoms with Crippen LogP contribution in [-0.2, 0) is 4.84 Å². The van der Waals surface area contributed by atoms with Gasteiger partial charge >= 0.3 is 0 Å². The highest BCUT2D eigenvalue weighted by Crippen LogP contribution is 1.98. The zero-order valence-electron chi connectivity index (χ0n) is 8.98. The molecule has 0 heterocycles. The molecular formula is C9H22N2O. The van der Waals surface area contributed by atoms with E-state index < -0.39 is 0 Å². The van der Waals surface area contributed by atoms with Gasteiger partial charge in [0.1, 0.15) is 0 Å². The van der Waals surface area contributed by atoms with E-state index in [9.17, 15) is 0 Å². The van der Waals surface area contributed by atoms with Crippen LogP contribution < -0.4 is 5.32 Å². The zero-order chi connectivity index (χ0) is 9.61. The van der Waals surface area contributed by atoms with Crippen molar-refractivity contribution in [1.29, 1.82) is 0 Å². The highest BCUT2D eigenvalue weighted by atomic mass is 16.7. The number of hydrogen-bond acceptors (Lipinski definition) is 3. The Balaban J connectivity index is 3.22. The number of hydrogen-bond donors (Lipinski definition) is 1. The van der Waals surface area contributed by atoms with Crippen molar-refractivity contribution < 1.29 is 4.84 Å². The third-order valence-corrected chi connectivity index (χ3v) is 1.62. The first-order valence-corrected chi connectivity index (χ1v) is 4.46. The van der Waals surface area contributed by atoms with E-state index in [1.165, 1.54) is 0 Å². The van der Waals surface area contributed by atoms with Gasteiger partial charge < -0.3 is 10.2 Å². The minimum atomic E-state index is 0.228. The van der Waals surface area contributed by atoms with Crippen LogP contribution in [0.2, 0.25) is 0 Å². The summed E-state index contributed by atoms with van der Waals surface area (Å²) in [5, 5.41) is 5.26. The van der Waals surface area contributed by atoms with Crippen molar-refractivity contribution in [2.24, 2.45) is 0 Å². The van der Waals surface area contributed by atoms with Crippen LogP contribution in [0.1, 0.15) is 27.2 Å². The summed E-state index contributed by atoms with van der Waals surface area (Å²) >= 11 is 0. The van der Waals surface area contributed by atoms with Crippen molar-refractivity contribution in [1.82, 2.24) is 10.4 Å². The summed E-state index contributed by atoms with van der Waals surface area (Å²) in [5.41, 5.74) is 0.228. The summed E-state index contributed by atoms with van der Waals surface area (Å²) in [5.74, 6) is 0. The van der Waals surface area contributed by atoms with E-state index in [-0.39, 0.29) is 5.54 Å². The lowest BCUT2D eigenvalue weighted by Crippen LogP contribution is -2.37. The van der Waals surface area contributed by atoms with Crippen molar-refractivity contribution in [3.05, 3.63) is 0 Å². The molecule has 0 radical (unpaired) electrons. The minimum Gasteiger partial charge on any atom is -0.312 e. The van der Waals surface area contributed by atoms with Gasteiger partial charge in [0.05, 0.1) is 7.11 Å². The first-order chi connectivity index (χ1) is 5.45. The van der Waals surface area contributed by atoms with Gasteiger partial charge in [-0.3, -0.25) is 0 Å². The van der Waals surface area contributed by atoms with E-state index in [1.54, 1.807) is 7.11 Å². The molecule has 0 spiro atoms. The molecule has 0 bridgehead atoms. The van der Waals surface area contributed by atoms with E-state index in [4.69, 9.17) is 4.84 Å². The summed E-state index contributed by atoms with van der Waals surface area (Å²) in [6.07, 6.45) is 1.11. The smallest absolute Gasteiger partial charge is 0.0575 e. The third-order valence-electron chi connectivity index (χ3n) is 1.62. The average molecular weight is 174 g/mol. The van der Waals surface area contributed by atoms with E-state index >= 15 is 0 Å². The van der Waals surface area contributed by atoms with E-state index in [0.717, 1.165) is 19.5 Å². The molecule has 0 aliphatic heterocycles. The molecule has 0 saturated carbocycles. The van der Waals surface area contributed by atoms with Crippen molar-refractivity contribution >= 4 is 0 Å². The van der Waals surface area contributed by atoms with Gasteiger partial charge in [0.25, 0.3) is 0 Å². The molecule has 1 N–H and O–H groups in total. The van der Waals surface area contributed by atoms with Crippen molar-refractivity contribution in [3.8, 4) is 0 Å². The molecule has 0 aromatic heterocycles. The van der Waals surface area contributed by atoms with Gasteiger partial charge in [0.2, 0.25) is 0 Å². The summed E-state index contributed by atoms with van der Waals surface area (Å²) < 4.78 is 0. The van der Waals surface area contributed by atoms with E-state index in [1.807, 2.05) is 12.1 Å². The Morgan fingerprint density at radius 1 is 1.33 bits per heavy atom. The predicted octanol–water partition coefficient (Wildman–Crippen LogP) is 1.26. The molecule has 0 unspecified atom stereocenters. The molecule has 12 heavy (non-hydrogen) atoms. The van der Waals surface area contributed by atoms with Crippen LogP contribution in [0.15, 0.2) is 0 Å². The van der Waals surface area contributed by atoms with Crippen molar-refractivity contribution in [3.63, 3.8) is 0 Å². The topological polar surface area (TPSA) is 24.5 Å². The fourth-order valence-corrected chi connectivity index (χ4v) is 0.856. The molecule has 0 rings (SSSR count). The Bertz CT molecular complexity index is 110. The van der Waals surface area contributed by atoms with Crippen LogP contribution >= 0.6 is 0 Å². The average Bonchev–Trinajstić information content (AvgIpc) is 1.96. The molecule has 0 amide bonds. The zero-order valence-corrected chi connectivity index (χ0v) is 8.98. The van der Waals surface area contributed by atoms with Gasteiger partial charge in [-0.25, -0.2) is 0 Å². The first-order valence-electron chi connectivity index (χ1n) is 4.46. The Kier molecular flexibility index (Phi) is 5.46. The quantitative estimate of drug-likeness (QED) is 0.501. The van der Waals surface area contributed by atoms with E-state index in [0.29, 0.717) is 0 Å². The second-order valence-corrected chi connectivity index (χ2v) is 4.06. The van der Waals surface area contributed by atoms with E-state index in [2.05, 4.69) is 26.1 Å². The molecule has 3 nitrogen and oxygen atoms in total. The molecule has 0 fully saturated rings. The number of nitrogens with zero attached hydrogens (tertiary/aromatic N) is 1. The van der Waals surface area contributed by atoms with Crippen LogP contribution in [-0.4, -0.2) is 37.8 Å². The molecule has 0 aromatic carbocycles. The second kappa shape index (κ2) is 5.51. The molecule has 0 atom stereocenters. The Hall–Kier alpha value is -0.120. The highest BCUT2D eigenvalue weighted by molar-refractivity contribution is 4.69. The Morgan fingerprint density at radius 3 is 2.33 bits per heavy atom. The van der Waals surface area contributed by atoms with Crippen LogP contribution in [0.3, 0.4) is 0 Å². The summed E-state index contributed by atoms with van der Waals surface area (Å²) in [7, 11) is 3.63. The second-order valence-electron chi connectivity index (χ2n) is 4.06. The fourth-order valence-electron chi connectivity index (χ4n) is 0.856. The summed E-state index contributed by atoms with van der Waals surface area (Å²) in [6.45, 7) is 8.53. The molecule has 0 aliphatic carbocycles. The maximum absolute atomic E-state index is 4.99. The lowest BCUT2D eigenvalue weighted by molar-refractivity contribution is -0.109. The monoisotopic (exact) mass is 174 g/mol. The maximum Gasteiger partial charge on any atom is 0.0575 e. The molecule has 74 valence electrons. The Morgan fingerprint density at radius 2 is 1.92 bits per heavy atom. The predicted molar refractivity (Wildman–Crippen MR) is 52.0 cm³/mol. The van der Waals surface area contributed by atoms with Gasteiger partial charge in [-0.15, -0.1) is 0 Å². The minimum absolute atomic E-state index is 0.228. The molecule has 3 heteroatoms. The van der Waals surface area contributed by atoms with Gasteiger partial charge in [-0.1, -0.05) is 0 Å². The lowest BCUT2D eigenvalue weighted by Gasteiger charge is -2.21.